The Bertz CT molecular complexity index is 1420. The maximum absolute atomic E-state index is 13.6. The Hall–Kier alpha value is -2.93. The van der Waals surface area contributed by atoms with Gasteiger partial charge in [0, 0.05) is 41.5 Å². The number of aromatic nitrogens is 5. The highest BCUT2D eigenvalue weighted by atomic mass is 32.2. The van der Waals surface area contributed by atoms with Crippen LogP contribution in [0.5, 0.6) is 5.75 Å². The Labute approximate surface area is 241 Å². The standard InChI is InChI=1S/C27H31N7O2S3/c1-17-5-8-22(38-27-31-28-16-34(27)4)11-12-23(24(17)25(35)30-26-29-18(2)32-39-26)37-21-9-6-19(7-10-21)36-20-13-14-33(3)15-20/h6-7,9-12,16,20H,5,8,13-15H2,1-4H3,(H,29,30,32,35). The van der Waals surface area contributed by atoms with Gasteiger partial charge in [0.15, 0.2) is 5.16 Å². The summed E-state index contributed by atoms with van der Waals surface area (Å²) in [6.07, 6.45) is 8.63. The van der Waals surface area contributed by atoms with Crippen LogP contribution in [-0.2, 0) is 11.8 Å². The number of anilines is 1. The number of hydrogen-bond donors (Lipinski definition) is 1. The summed E-state index contributed by atoms with van der Waals surface area (Å²) in [5.41, 5.74) is 1.68. The normalized spacial score (nSPS) is 18.4. The molecule has 204 valence electrons. The smallest absolute Gasteiger partial charge is 0.258 e. The van der Waals surface area contributed by atoms with E-state index in [1.165, 1.54) is 11.5 Å². The summed E-state index contributed by atoms with van der Waals surface area (Å²) in [5, 5.41) is 12.5. The third-order valence-electron chi connectivity index (χ3n) is 6.41. The molecule has 1 fully saturated rings. The maximum atomic E-state index is 13.6. The van der Waals surface area contributed by atoms with Gasteiger partial charge < -0.3 is 14.2 Å². The molecule has 0 spiro atoms. The average Bonchev–Trinajstić information content (AvgIpc) is 3.62. The topological polar surface area (TPSA) is 98.1 Å². The van der Waals surface area contributed by atoms with E-state index in [1.807, 2.05) is 43.7 Å². The monoisotopic (exact) mass is 581 g/mol. The van der Waals surface area contributed by atoms with Crippen LogP contribution < -0.4 is 10.1 Å². The number of ether oxygens (including phenoxy) is 1. The molecule has 3 heterocycles. The third-order valence-corrected chi connectivity index (χ3v) is 9.35. The molecular formula is C27H31N7O2S3. The van der Waals surface area contributed by atoms with E-state index in [9.17, 15) is 4.79 Å². The first-order valence-electron chi connectivity index (χ1n) is 12.7. The van der Waals surface area contributed by atoms with Crippen molar-refractivity contribution in [2.45, 2.75) is 49.3 Å². The van der Waals surface area contributed by atoms with E-state index in [0.29, 0.717) is 16.5 Å². The van der Waals surface area contributed by atoms with Gasteiger partial charge in [0.25, 0.3) is 5.91 Å². The molecule has 1 N–H and O–H groups in total. The van der Waals surface area contributed by atoms with Crippen molar-refractivity contribution in [2.75, 3.05) is 25.5 Å². The first-order valence-corrected chi connectivity index (χ1v) is 15.1. The molecule has 1 aromatic carbocycles. The van der Waals surface area contributed by atoms with E-state index >= 15 is 0 Å². The fourth-order valence-electron chi connectivity index (χ4n) is 4.34. The molecule has 1 unspecified atom stereocenters. The van der Waals surface area contributed by atoms with Crippen LogP contribution in [0.25, 0.3) is 0 Å². The second-order valence-corrected chi connectivity index (χ2v) is 12.6. The SMILES string of the molecule is CC1=C(C(=O)Nc2nc(C)ns2)C(Sc2ccc(OC3CCN(C)C3)cc2)=CC=C(Sc2nncn2C)CC1. The molecule has 0 bridgehead atoms. The fourth-order valence-corrected chi connectivity index (χ4v) is 6.80. The molecule has 0 saturated carbocycles. The highest BCUT2D eigenvalue weighted by Crippen LogP contribution is 2.39. The molecule has 2 aliphatic rings. The van der Waals surface area contributed by atoms with E-state index in [2.05, 4.69) is 55.0 Å². The molecule has 2 aromatic heterocycles. The Morgan fingerprint density at radius 2 is 1.95 bits per heavy atom. The minimum absolute atomic E-state index is 0.175. The van der Waals surface area contributed by atoms with E-state index in [0.717, 1.165) is 63.5 Å². The molecule has 1 atom stereocenters. The van der Waals surface area contributed by atoms with E-state index in [1.54, 1.807) is 29.9 Å². The van der Waals surface area contributed by atoms with Crippen molar-refractivity contribution in [2.24, 2.45) is 7.05 Å². The number of rotatable bonds is 8. The summed E-state index contributed by atoms with van der Waals surface area (Å²) < 4.78 is 12.3. The predicted octanol–water partition coefficient (Wildman–Crippen LogP) is 5.46. The molecule has 1 saturated heterocycles. The van der Waals surface area contributed by atoms with Crippen LogP contribution in [-0.4, -0.2) is 61.2 Å². The second kappa shape index (κ2) is 12.5. The number of amides is 1. The van der Waals surface area contributed by atoms with Gasteiger partial charge in [-0.3, -0.25) is 10.1 Å². The van der Waals surface area contributed by atoms with Crippen molar-refractivity contribution >= 4 is 46.1 Å². The van der Waals surface area contributed by atoms with Gasteiger partial charge in [0.1, 0.15) is 24.0 Å². The zero-order valence-corrected chi connectivity index (χ0v) is 24.8. The van der Waals surface area contributed by atoms with Crippen molar-refractivity contribution in [3.63, 3.8) is 0 Å². The first kappa shape index (κ1) is 27.6. The quantitative estimate of drug-likeness (QED) is 0.372. The Morgan fingerprint density at radius 1 is 1.13 bits per heavy atom. The molecule has 1 amide bonds. The lowest BCUT2D eigenvalue weighted by Gasteiger charge is -2.18. The van der Waals surface area contributed by atoms with Gasteiger partial charge >= 0.3 is 0 Å². The Balaban J connectivity index is 1.40. The average molecular weight is 582 g/mol. The summed E-state index contributed by atoms with van der Waals surface area (Å²) in [6, 6.07) is 8.12. The number of aryl methyl sites for hydroxylation is 2. The lowest BCUT2D eigenvalue weighted by Crippen LogP contribution is -2.21. The largest absolute Gasteiger partial charge is 0.489 e. The number of nitrogens with zero attached hydrogens (tertiary/aromatic N) is 6. The maximum Gasteiger partial charge on any atom is 0.258 e. The summed E-state index contributed by atoms with van der Waals surface area (Å²) >= 11 is 4.35. The number of carbonyl (C=O) groups is 1. The van der Waals surface area contributed by atoms with Crippen molar-refractivity contribution < 1.29 is 9.53 Å². The summed E-state index contributed by atoms with van der Waals surface area (Å²) in [5.74, 6) is 1.33. The van der Waals surface area contributed by atoms with Crippen molar-refractivity contribution in [3.8, 4) is 5.75 Å². The molecule has 1 aliphatic carbocycles. The van der Waals surface area contributed by atoms with E-state index in [4.69, 9.17) is 4.74 Å². The summed E-state index contributed by atoms with van der Waals surface area (Å²) in [4.78, 5) is 23.2. The number of likely N-dealkylation sites (tertiary alicyclic amines) is 1. The predicted molar refractivity (Wildman–Crippen MR) is 157 cm³/mol. The number of carbonyl (C=O) groups excluding carboxylic acids is 1. The third kappa shape index (κ3) is 7.18. The van der Waals surface area contributed by atoms with Gasteiger partial charge in [0.05, 0.1) is 5.57 Å². The second-order valence-electron chi connectivity index (χ2n) is 9.61. The van der Waals surface area contributed by atoms with Crippen LogP contribution in [0.3, 0.4) is 0 Å². The zero-order chi connectivity index (χ0) is 27.4. The molecule has 5 rings (SSSR count). The molecule has 1 aliphatic heterocycles. The number of nitrogens with one attached hydrogen (secondary N) is 1. The van der Waals surface area contributed by atoms with Gasteiger partial charge in [-0.05, 0) is 75.4 Å². The van der Waals surface area contributed by atoms with Crippen molar-refractivity contribution in [1.29, 1.82) is 0 Å². The molecule has 0 radical (unpaired) electrons. The highest BCUT2D eigenvalue weighted by molar-refractivity contribution is 8.03. The van der Waals surface area contributed by atoms with Crippen molar-refractivity contribution in [1.82, 2.24) is 29.0 Å². The number of hydrogen-bond acceptors (Lipinski definition) is 10. The summed E-state index contributed by atoms with van der Waals surface area (Å²) in [6.45, 7) is 5.85. The molecule has 39 heavy (non-hydrogen) atoms. The molecule has 12 heteroatoms. The highest BCUT2D eigenvalue weighted by Gasteiger charge is 2.23. The van der Waals surface area contributed by atoms with Crippen LogP contribution in [0.4, 0.5) is 5.13 Å². The van der Waals surface area contributed by atoms with Crippen LogP contribution in [0, 0.1) is 6.92 Å². The van der Waals surface area contributed by atoms with Crippen LogP contribution in [0.1, 0.15) is 32.0 Å². The number of likely N-dealkylation sites (N-methyl/N-ethyl adjacent to an activating group) is 1. The Morgan fingerprint density at radius 3 is 2.62 bits per heavy atom. The van der Waals surface area contributed by atoms with E-state index < -0.39 is 0 Å². The first-order chi connectivity index (χ1) is 18.8. The van der Waals surface area contributed by atoms with Gasteiger partial charge in [-0.2, -0.15) is 4.37 Å². The molecular weight excluding hydrogens is 551 g/mol. The molecule has 3 aromatic rings. The van der Waals surface area contributed by atoms with Crippen molar-refractivity contribution in [3.05, 3.63) is 69.5 Å². The lowest BCUT2D eigenvalue weighted by molar-refractivity contribution is -0.112. The number of benzene rings is 1. The van der Waals surface area contributed by atoms with Crippen LogP contribution in [0.2, 0.25) is 0 Å². The van der Waals surface area contributed by atoms with Gasteiger partial charge in [0.2, 0.25) is 5.13 Å². The Kier molecular flexibility index (Phi) is 8.85. The van der Waals surface area contributed by atoms with Gasteiger partial charge in [-0.1, -0.05) is 35.2 Å². The number of allylic oxidation sites excluding steroid dienone is 4. The van der Waals surface area contributed by atoms with Crippen LogP contribution in [0.15, 0.2) is 73.8 Å². The minimum Gasteiger partial charge on any atom is -0.489 e. The van der Waals surface area contributed by atoms with E-state index in [-0.39, 0.29) is 12.0 Å². The zero-order valence-electron chi connectivity index (χ0n) is 22.4. The summed E-state index contributed by atoms with van der Waals surface area (Å²) in [7, 11) is 4.05. The van der Waals surface area contributed by atoms with Gasteiger partial charge in [-0.15, -0.1) is 10.2 Å². The lowest BCUT2D eigenvalue weighted by atomic mass is 10.0. The fraction of sp³-hybridized carbons (Fsp3) is 0.370. The minimum atomic E-state index is -0.175. The van der Waals surface area contributed by atoms with Crippen LogP contribution >= 0.6 is 35.1 Å². The molecule has 9 nitrogen and oxygen atoms in total. The van der Waals surface area contributed by atoms with Gasteiger partial charge in [-0.25, -0.2) is 4.98 Å². The number of thioether (sulfide) groups is 2.